The molecule has 7 nitrogen and oxygen atoms in total. The quantitative estimate of drug-likeness (QED) is 0.656. The lowest BCUT2D eigenvalue weighted by atomic mass is 10.2. The Bertz CT molecular complexity index is 599. The van der Waals surface area contributed by atoms with Gasteiger partial charge in [-0.15, -0.1) is 0 Å². The van der Waals surface area contributed by atoms with E-state index in [0.717, 1.165) is 24.7 Å². The lowest BCUT2D eigenvalue weighted by molar-refractivity contribution is -0.384. The predicted molar refractivity (Wildman–Crippen MR) is 63.7 cm³/mol. The van der Waals surface area contributed by atoms with E-state index in [2.05, 4.69) is 15.5 Å². The Kier molecular flexibility index (Phi) is 3.81. The van der Waals surface area contributed by atoms with Gasteiger partial charge in [-0.2, -0.15) is 4.98 Å². The summed E-state index contributed by atoms with van der Waals surface area (Å²) in [5, 5.41) is 17.5. The summed E-state index contributed by atoms with van der Waals surface area (Å²) in [7, 11) is 0. The molecule has 0 atom stereocenters. The molecule has 0 spiro atoms. The van der Waals surface area contributed by atoms with Gasteiger partial charge in [0.05, 0.1) is 11.5 Å². The Morgan fingerprint density at radius 1 is 1.53 bits per heavy atom. The summed E-state index contributed by atoms with van der Waals surface area (Å²) in [5.74, 6) is -0.318. The number of aromatic nitrogens is 2. The SMILES string of the molecule is CCNCc1noc(-c2cc(F)ccc2[N+](=O)[O-])n1. The molecule has 1 aromatic carbocycles. The van der Waals surface area contributed by atoms with E-state index in [9.17, 15) is 14.5 Å². The molecule has 2 aromatic rings. The molecule has 100 valence electrons. The topological polar surface area (TPSA) is 94.1 Å². The van der Waals surface area contributed by atoms with Crippen molar-refractivity contribution in [2.75, 3.05) is 6.54 Å². The normalized spacial score (nSPS) is 10.6. The van der Waals surface area contributed by atoms with Crippen LogP contribution in [0.2, 0.25) is 0 Å². The fraction of sp³-hybridized carbons (Fsp3) is 0.273. The van der Waals surface area contributed by atoms with Crippen molar-refractivity contribution < 1.29 is 13.8 Å². The van der Waals surface area contributed by atoms with Crippen molar-refractivity contribution in [3.63, 3.8) is 0 Å². The van der Waals surface area contributed by atoms with E-state index in [-0.39, 0.29) is 17.1 Å². The average molecular weight is 266 g/mol. The number of nitro benzene ring substituents is 1. The second-order valence-electron chi connectivity index (χ2n) is 3.71. The van der Waals surface area contributed by atoms with E-state index in [1.165, 1.54) is 0 Å². The largest absolute Gasteiger partial charge is 0.334 e. The highest BCUT2D eigenvalue weighted by Gasteiger charge is 2.21. The van der Waals surface area contributed by atoms with Crippen molar-refractivity contribution in [2.24, 2.45) is 0 Å². The summed E-state index contributed by atoms with van der Waals surface area (Å²) in [4.78, 5) is 14.2. The zero-order chi connectivity index (χ0) is 13.8. The molecule has 0 saturated carbocycles. The predicted octanol–water partition coefficient (Wildman–Crippen LogP) is 1.89. The van der Waals surface area contributed by atoms with Crippen LogP contribution in [0.1, 0.15) is 12.7 Å². The van der Waals surface area contributed by atoms with Gasteiger partial charge in [0, 0.05) is 6.07 Å². The summed E-state index contributed by atoms with van der Waals surface area (Å²) in [6, 6.07) is 3.08. The van der Waals surface area contributed by atoms with Crippen LogP contribution in [0.15, 0.2) is 22.7 Å². The summed E-state index contributed by atoms with van der Waals surface area (Å²) >= 11 is 0. The molecular weight excluding hydrogens is 255 g/mol. The molecule has 0 aliphatic rings. The van der Waals surface area contributed by atoms with Crippen molar-refractivity contribution in [3.8, 4) is 11.5 Å². The van der Waals surface area contributed by atoms with Gasteiger partial charge in [-0.3, -0.25) is 10.1 Å². The summed E-state index contributed by atoms with van der Waals surface area (Å²) < 4.78 is 18.1. The minimum Gasteiger partial charge on any atom is -0.334 e. The number of rotatable bonds is 5. The molecule has 0 radical (unpaired) electrons. The third kappa shape index (κ3) is 2.91. The second kappa shape index (κ2) is 5.53. The Morgan fingerprint density at radius 3 is 3.00 bits per heavy atom. The van der Waals surface area contributed by atoms with Gasteiger partial charge >= 0.3 is 0 Å². The van der Waals surface area contributed by atoms with Crippen LogP contribution in [0.5, 0.6) is 0 Å². The van der Waals surface area contributed by atoms with Crippen molar-refractivity contribution in [1.29, 1.82) is 0 Å². The van der Waals surface area contributed by atoms with Crippen LogP contribution >= 0.6 is 0 Å². The van der Waals surface area contributed by atoms with Gasteiger partial charge in [0.1, 0.15) is 11.4 Å². The lowest BCUT2D eigenvalue weighted by Crippen LogP contribution is -2.12. The van der Waals surface area contributed by atoms with Crippen LogP contribution in [-0.4, -0.2) is 21.6 Å². The van der Waals surface area contributed by atoms with Gasteiger partial charge in [-0.25, -0.2) is 4.39 Å². The highest BCUT2D eigenvalue weighted by atomic mass is 19.1. The van der Waals surface area contributed by atoms with Gasteiger partial charge in [-0.05, 0) is 18.7 Å². The molecule has 1 N–H and O–H groups in total. The fourth-order valence-corrected chi connectivity index (χ4v) is 1.51. The van der Waals surface area contributed by atoms with Crippen LogP contribution in [0, 0.1) is 15.9 Å². The number of halogens is 1. The third-order valence-electron chi connectivity index (χ3n) is 2.39. The van der Waals surface area contributed by atoms with Crippen LogP contribution in [0.25, 0.3) is 11.5 Å². The fourth-order valence-electron chi connectivity index (χ4n) is 1.51. The van der Waals surface area contributed by atoms with E-state index in [0.29, 0.717) is 12.4 Å². The molecule has 0 bridgehead atoms. The van der Waals surface area contributed by atoms with Crippen molar-refractivity contribution in [3.05, 3.63) is 40.0 Å². The maximum atomic E-state index is 13.2. The molecule has 8 heteroatoms. The van der Waals surface area contributed by atoms with E-state index >= 15 is 0 Å². The molecule has 0 fully saturated rings. The number of hydrogen-bond acceptors (Lipinski definition) is 6. The van der Waals surface area contributed by atoms with Crippen LogP contribution < -0.4 is 5.32 Å². The number of benzene rings is 1. The Balaban J connectivity index is 2.37. The monoisotopic (exact) mass is 266 g/mol. The number of hydrogen-bond donors (Lipinski definition) is 1. The van der Waals surface area contributed by atoms with Crippen LogP contribution in [0.3, 0.4) is 0 Å². The van der Waals surface area contributed by atoms with Gasteiger partial charge in [0.25, 0.3) is 11.6 Å². The van der Waals surface area contributed by atoms with Crippen molar-refractivity contribution in [1.82, 2.24) is 15.5 Å². The van der Waals surface area contributed by atoms with Gasteiger partial charge in [0.2, 0.25) is 0 Å². The molecule has 1 aromatic heterocycles. The van der Waals surface area contributed by atoms with E-state index in [1.807, 2.05) is 6.92 Å². The summed E-state index contributed by atoms with van der Waals surface area (Å²) in [6.45, 7) is 3.02. The second-order valence-corrected chi connectivity index (χ2v) is 3.71. The smallest absolute Gasteiger partial charge is 0.282 e. The summed E-state index contributed by atoms with van der Waals surface area (Å²) in [5.41, 5.74) is -0.305. The minimum absolute atomic E-state index is 0.0275. The molecule has 0 aliphatic heterocycles. The van der Waals surface area contributed by atoms with Crippen LogP contribution in [0.4, 0.5) is 10.1 Å². The standard InChI is InChI=1S/C11H11FN4O3/c1-2-13-6-10-14-11(19-15-10)8-5-7(12)3-4-9(8)16(17)18/h3-5,13H,2,6H2,1H3. The number of nitrogens with zero attached hydrogens (tertiary/aromatic N) is 3. The average Bonchev–Trinajstić information content (AvgIpc) is 2.84. The first-order chi connectivity index (χ1) is 9.11. The molecule has 19 heavy (non-hydrogen) atoms. The first-order valence-corrected chi connectivity index (χ1v) is 5.59. The highest BCUT2D eigenvalue weighted by molar-refractivity contribution is 5.66. The van der Waals surface area contributed by atoms with Gasteiger partial charge in [0.15, 0.2) is 5.82 Å². The van der Waals surface area contributed by atoms with E-state index < -0.39 is 10.7 Å². The highest BCUT2D eigenvalue weighted by Crippen LogP contribution is 2.29. The Hall–Kier alpha value is -2.35. The van der Waals surface area contributed by atoms with Crippen molar-refractivity contribution in [2.45, 2.75) is 13.5 Å². The summed E-state index contributed by atoms with van der Waals surface area (Å²) in [6.07, 6.45) is 0. The third-order valence-corrected chi connectivity index (χ3v) is 2.39. The Labute approximate surface area is 107 Å². The Morgan fingerprint density at radius 2 is 2.32 bits per heavy atom. The van der Waals surface area contributed by atoms with Gasteiger partial charge in [-0.1, -0.05) is 12.1 Å². The lowest BCUT2D eigenvalue weighted by Gasteiger charge is -1.97. The molecule has 0 aliphatic carbocycles. The molecule has 1 heterocycles. The molecule has 0 amide bonds. The first-order valence-electron chi connectivity index (χ1n) is 5.59. The zero-order valence-electron chi connectivity index (χ0n) is 10.1. The van der Waals surface area contributed by atoms with E-state index in [1.54, 1.807) is 0 Å². The van der Waals surface area contributed by atoms with Crippen molar-refractivity contribution >= 4 is 5.69 Å². The number of nitro groups is 1. The molecule has 0 unspecified atom stereocenters. The van der Waals surface area contributed by atoms with Crippen LogP contribution in [-0.2, 0) is 6.54 Å². The molecular formula is C11H11FN4O3. The maximum Gasteiger partial charge on any atom is 0.282 e. The van der Waals surface area contributed by atoms with Gasteiger partial charge < -0.3 is 9.84 Å². The maximum absolute atomic E-state index is 13.2. The number of nitrogens with one attached hydrogen (secondary N) is 1. The molecule has 0 saturated heterocycles. The van der Waals surface area contributed by atoms with E-state index in [4.69, 9.17) is 4.52 Å². The molecule has 2 rings (SSSR count). The minimum atomic E-state index is -0.622. The first kappa shape index (κ1) is 13.1. The zero-order valence-corrected chi connectivity index (χ0v) is 10.1.